The lowest BCUT2D eigenvalue weighted by molar-refractivity contribution is -0.129. The van der Waals surface area contributed by atoms with Crippen molar-refractivity contribution in [1.29, 1.82) is 0 Å². The molecule has 1 N–H and O–H groups in total. The number of nitrogens with one attached hydrogen (secondary N) is 1. The van der Waals surface area contributed by atoms with Crippen LogP contribution in [-0.2, 0) is 4.79 Å². The highest BCUT2D eigenvalue weighted by Gasteiger charge is 2.21. The summed E-state index contributed by atoms with van der Waals surface area (Å²) in [5.74, 6) is 0.140. The van der Waals surface area contributed by atoms with E-state index in [2.05, 4.69) is 10.3 Å². The first-order valence-corrected chi connectivity index (χ1v) is 7.07. The second kappa shape index (κ2) is 5.97. The quantitative estimate of drug-likeness (QED) is 0.854. The number of rotatable bonds is 2. The van der Waals surface area contributed by atoms with E-state index in [1.807, 2.05) is 11.8 Å². The fourth-order valence-electron chi connectivity index (χ4n) is 2.31. The molecule has 1 saturated heterocycles. The van der Waals surface area contributed by atoms with Crippen molar-refractivity contribution in [3.05, 3.63) is 21.9 Å². The van der Waals surface area contributed by atoms with Crippen molar-refractivity contribution >= 4 is 34.8 Å². The van der Waals surface area contributed by atoms with E-state index in [4.69, 9.17) is 23.2 Å². The second-order valence-corrected chi connectivity index (χ2v) is 5.60. The summed E-state index contributed by atoms with van der Waals surface area (Å²) < 4.78 is 0. The Morgan fingerprint density at radius 1 is 1.42 bits per heavy atom. The number of nitrogens with zero attached hydrogens (tertiary/aromatic N) is 2. The summed E-state index contributed by atoms with van der Waals surface area (Å²) in [5, 5.41) is 4.22. The van der Waals surface area contributed by atoms with Crippen molar-refractivity contribution in [2.45, 2.75) is 32.7 Å². The lowest BCUT2D eigenvalue weighted by Crippen LogP contribution is -2.41. The molecule has 1 aromatic rings. The molecule has 4 nitrogen and oxygen atoms in total. The first-order chi connectivity index (χ1) is 8.97. The Bertz CT molecular complexity index is 462. The van der Waals surface area contributed by atoms with Gasteiger partial charge in [0.25, 0.3) is 0 Å². The van der Waals surface area contributed by atoms with Crippen molar-refractivity contribution in [3.8, 4) is 0 Å². The van der Waals surface area contributed by atoms with Crippen LogP contribution in [0.15, 0.2) is 6.07 Å². The molecule has 1 fully saturated rings. The van der Waals surface area contributed by atoms with Gasteiger partial charge in [0.2, 0.25) is 5.91 Å². The van der Waals surface area contributed by atoms with Crippen molar-refractivity contribution in [1.82, 2.24) is 9.88 Å². The number of anilines is 1. The van der Waals surface area contributed by atoms with Crippen molar-refractivity contribution in [2.24, 2.45) is 0 Å². The lowest BCUT2D eigenvalue weighted by Gasteiger charge is -2.32. The van der Waals surface area contributed by atoms with Gasteiger partial charge in [-0.1, -0.05) is 23.2 Å². The summed E-state index contributed by atoms with van der Waals surface area (Å²) in [7, 11) is 0. The summed E-state index contributed by atoms with van der Waals surface area (Å²) in [4.78, 5) is 17.2. The van der Waals surface area contributed by atoms with Gasteiger partial charge in [0.05, 0.1) is 5.69 Å². The summed E-state index contributed by atoms with van der Waals surface area (Å²) in [6.07, 6.45) is 1.83. The van der Waals surface area contributed by atoms with E-state index in [9.17, 15) is 4.79 Å². The minimum atomic E-state index is 0.140. The maximum atomic E-state index is 11.3. The number of hydrogen-bond donors (Lipinski definition) is 1. The Morgan fingerprint density at radius 3 is 2.58 bits per heavy atom. The highest BCUT2D eigenvalue weighted by Crippen LogP contribution is 2.28. The van der Waals surface area contributed by atoms with Gasteiger partial charge in [-0.2, -0.15) is 0 Å². The number of likely N-dealkylation sites (tertiary alicyclic amines) is 1. The maximum Gasteiger partial charge on any atom is 0.219 e. The molecule has 0 unspecified atom stereocenters. The predicted molar refractivity (Wildman–Crippen MR) is 77.9 cm³/mol. The van der Waals surface area contributed by atoms with Crippen LogP contribution in [0.2, 0.25) is 10.3 Å². The van der Waals surface area contributed by atoms with Gasteiger partial charge in [-0.25, -0.2) is 4.98 Å². The Hall–Kier alpha value is -1.00. The third-order valence-corrected chi connectivity index (χ3v) is 3.90. The number of piperidine rings is 1. The molecule has 0 saturated carbocycles. The molecule has 19 heavy (non-hydrogen) atoms. The molecule has 2 rings (SSSR count). The maximum absolute atomic E-state index is 11.3. The number of aromatic nitrogens is 1. The number of amides is 1. The Kier molecular flexibility index (Phi) is 4.53. The van der Waals surface area contributed by atoms with Gasteiger partial charge in [0.1, 0.15) is 5.15 Å². The molecule has 1 amide bonds. The standard InChI is InChI=1S/C13H17Cl2N3O/c1-8-7-11(14)17-13(15)12(8)16-10-3-5-18(6-4-10)9(2)19/h7,10,16H,3-6H2,1-2H3. The largest absolute Gasteiger partial charge is 0.379 e. The molecule has 0 bridgehead atoms. The molecular weight excluding hydrogens is 285 g/mol. The summed E-state index contributed by atoms with van der Waals surface area (Å²) in [5.41, 5.74) is 1.83. The minimum Gasteiger partial charge on any atom is -0.379 e. The molecule has 0 radical (unpaired) electrons. The molecular formula is C13H17Cl2N3O. The SMILES string of the molecule is CC(=O)N1CCC(Nc2c(C)cc(Cl)nc2Cl)CC1. The molecule has 0 atom stereocenters. The topological polar surface area (TPSA) is 45.2 Å². The average Bonchev–Trinajstić information content (AvgIpc) is 2.34. The van der Waals surface area contributed by atoms with Crippen LogP contribution in [0.1, 0.15) is 25.3 Å². The zero-order valence-electron chi connectivity index (χ0n) is 11.0. The fraction of sp³-hybridized carbons (Fsp3) is 0.538. The van der Waals surface area contributed by atoms with Gasteiger partial charge in [-0.05, 0) is 31.4 Å². The third kappa shape index (κ3) is 3.51. The second-order valence-electron chi connectivity index (χ2n) is 4.85. The zero-order valence-corrected chi connectivity index (χ0v) is 12.6. The molecule has 6 heteroatoms. The van der Waals surface area contributed by atoms with Gasteiger partial charge in [0.15, 0.2) is 5.15 Å². The Labute approximate surface area is 123 Å². The molecule has 2 heterocycles. The lowest BCUT2D eigenvalue weighted by atomic mass is 10.0. The van der Waals surface area contributed by atoms with E-state index in [0.717, 1.165) is 37.2 Å². The van der Waals surface area contributed by atoms with Gasteiger partial charge in [0, 0.05) is 26.1 Å². The van der Waals surface area contributed by atoms with Crippen LogP contribution in [0.4, 0.5) is 5.69 Å². The van der Waals surface area contributed by atoms with E-state index in [0.29, 0.717) is 16.3 Å². The molecule has 1 aliphatic rings. The van der Waals surface area contributed by atoms with E-state index in [-0.39, 0.29) is 5.91 Å². The number of carbonyl (C=O) groups excluding carboxylic acids is 1. The first-order valence-electron chi connectivity index (χ1n) is 6.32. The molecule has 0 aromatic carbocycles. The fourth-order valence-corrected chi connectivity index (χ4v) is 2.90. The number of hydrogen-bond acceptors (Lipinski definition) is 3. The summed E-state index contributed by atoms with van der Waals surface area (Å²) in [6.45, 7) is 5.12. The van der Waals surface area contributed by atoms with Crippen LogP contribution in [0.5, 0.6) is 0 Å². The smallest absolute Gasteiger partial charge is 0.219 e. The third-order valence-electron chi connectivity index (χ3n) is 3.43. The molecule has 0 spiro atoms. The van der Waals surface area contributed by atoms with Gasteiger partial charge in [-0.15, -0.1) is 0 Å². The number of carbonyl (C=O) groups is 1. The molecule has 104 valence electrons. The minimum absolute atomic E-state index is 0.140. The number of aryl methyl sites for hydroxylation is 1. The van der Waals surface area contributed by atoms with Crippen LogP contribution in [0.25, 0.3) is 0 Å². The van der Waals surface area contributed by atoms with E-state index < -0.39 is 0 Å². The Balaban J connectivity index is 2.02. The highest BCUT2D eigenvalue weighted by atomic mass is 35.5. The van der Waals surface area contributed by atoms with Crippen LogP contribution >= 0.6 is 23.2 Å². The normalized spacial score (nSPS) is 16.5. The zero-order chi connectivity index (χ0) is 14.0. The van der Waals surface area contributed by atoms with Gasteiger partial charge < -0.3 is 10.2 Å². The van der Waals surface area contributed by atoms with Crippen LogP contribution in [0.3, 0.4) is 0 Å². The monoisotopic (exact) mass is 301 g/mol. The summed E-state index contributed by atoms with van der Waals surface area (Å²) >= 11 is 12.0. The predicted octanol–water partition coefficient (Wildman–Crippen LogP) is 3.12. The van der Waals surface area contributed by atoms with Crippen LogP contribution < -0.4 is 5.32 Å². The van der Waals surface area contributed by atoms with Crippen molar-refractivity contribution in [3.63, 3.8) is 0 Å². The first kappa shape index (κ1) is 14.4. The van der Waals surface area contributed by atoms with Crippen LogP contribution in [-0.4, -0.2) is 34.9 Å². The summed E-state index contributed by atoms with van der Waals surface area (Å²) in [6, 6.07) is 2.11. The number of halogens is 2. The van der Waals surface area contributed by atoms with E-state index in [1.165, 1.54) is 0 Å². The molecule has 1 aromatic heterocycles. The number of pyridine rings is 1. The average molecular weight is 302 g/mol. The Morgan fingerprint density at radius 2 is 2.05 bits per heavy atom. The van der Waals surface area contributed by atoms with Gasteiger partial charge in [-0.3, -0.25) is 4.79 Å². The van der Waals surface area contributed by atoms with Crippen molar-refractivity contribution in [2.75, 3.05) is 18.4 Å². The molecule has 1 aliphatic heterocycles. The van der Waals surface area contributed by atoms with E-state index >= 15 is 0 Å². The van der Waals surface area contributed by atoms with Gasteiger partial charge >= 0.3 is 0 Å². The van der Waals surface area contributed by atoms with E-state index in [1.54, 1.807) is 13.0 Å². The van der Waals surface area contributed by atoms with Crippen molar-refractivity contribution < 1.29 is 4.79 Å². The highest BCUT2D eigenvalue weighted by molar-refractivity contribution is 6.34. The van der Waals surface area contributed by atoms with Crippen LogP contribution in [0, 0.1) is 6.92 Å². The molecule has 0 aliphatic carbocycles.